The van der Waals surface area contributed by atoms with Crippen molar-refractivity contribution in [2.45, 2.75) is 25.3 Å². The molecule has 1 aliphatic rings. The molecule has 0 saturated heterocycles. The number of nitrogens with zero attached hydrogens (tertiary/aromatic N) is 3. The van der Waals surface area contributed by atoms with Crippen molar-refractivity contribution in [2.75, 3.05) is 0 Å². The maximum absolute atomic E-state index is 14.7. The number of hydrogen-bond acceptors (Lipinski definition) is 4. The maximum atomic E-state index is 14.7. The molecule has 0 saturated carbocycles. The van der Waals surface area contributed by atoms with Gasteiger partial charge in [0.25, 0.3) is 5.92 Å². The lowest BCUT2D eigenvalue weighted by Crippen LogP contribution is -2.44. The number of rotatable bonds is 1. The Balaban J connectivity index is 1.98. The predicted octanol–water partition coefficient (Wildman–Crippen LogP) is 4.41. The number of aliphatic imine (C=N–C) groups is 1. The van der Waals surface area contributed by atoms with Gasteiger partial charge in [0.15, 0.2) is 0 Å². The van der Waals surface area contributed by atoms with Gasteiger partial charge in [-0.2, -0.15) is 8.78 Å². The Bertz CT molecular complexity index is 944. The highest BCUT2D eigenvalue weighted by Gasteiger charge is 2.52. The van der Waals surface area contributed by atoms with Gasteiger partial charge in [-0.3, -0.25) is 4.99 Å². The lowest BCUT2D eigenvalue weighted by Gasteiger charge is -2.36. The summed E-state index contributed by atoms with van der Waals surface area (Å²) in [6.07, 6.45) is 1.61. The van der Waals surface area contributed by atoms with Crippen molar-refractivity contribution in [3.63, 3.8) is 0 Å². The number of hydrogen-bond donors (Lipinski definition) is 0. The predicted molar refractivity (Wildman–Crippen MR) is 87.5 cm³/mol. The first-order chi connectivity index (χ1) is 10.9. The summed E-state index contributed by atoms with van der Waals surface area (Å²) < 4.78 is 29.5. The summed E-state index contributed by atoms with van der Waals surface area (Å²) >= 11 is 1.49. The second-order valence-electron chi connectivity index (χ2n) is 6.01. The van der Waals surface area contributed by atoms with E-state index < -0.39 is 11.5 Å². The Morgan fingerprint density at radius 2 is 1.87 bits per heavy atom. The number of halogens is 2. The number of aromatic nitrogens is 2. The van der Waals surface area contributed by atoms with Gasteiger partial charge >= 0.3 is 0 Å². The van der Waals surface area contributed by atoms with Gasteiger partial charge in [-0.05, 0) is 25.3 Å². The van der Waals surface area contributed by atoms with Crippen molar-refractivity contribution < 1.29 is 8.78 Å². The van der Waals surface area contributed by atoms with Crippen molar-refractivity contribution in [1.29, 1.82) is 0 Å². The normalized spacial score (nSPS) is 18.5. The molecule has 3 heterocycles. The molecule has 6 heteroatoms. The molecule has 1 aliphatic heterocycles. The van der Waals surface area contributed by atoms with Crippen LogP contribution in [0, 0.1) is 0 Å². The molecule has 0 aliphatic carbocycles. The molecule has 3 aromatic rings. The summed E-state index contributed by atoms with van der Waals surface area (Å²) in [4.78, 5) is 14.1. The minimum atomic E-state index is -3.03. The third kappa shape index (κ3) is 2.01. The summed E-state index contributed by atoms with van der Waals surface area (Å²) in [5, 5.41) is 1.91. The van der Waals surface area contributed by atoms with Gasteiger partial charge in [0.05, 0.1) is 11.9 Å². The molecule has 116 valence electrons. The highest BCUT2D eigenvalue weighted by atomic mass is 32.1. The van der Waals surface area contributed by atoms with Gasteiger partial charge in [-0.15, -0.1) is 11.3 Å². The van der Waals surface area contributed by atoms with Crippen LogP contribution in [0.25, 0.3) is 10.3 Å². The summed E-state index contributed by atoms with van der Waals surface area (Å²) in [6.45, 7) is 2.89. The Kier molecular flexibility index (Phi) is 2.90. The third-order valence-electron chi connectivity index (χ3n) is 4.09. The molecule has 3 nitrogen and oxygen atoms in total. The van der Waals surface area contributed by atoms with Gasteiger partial charge in [-0.1, -0.05) is 24.3 Å². The molecule has 0 bridgehead atoms. The van der Waals surface area contributed by atoms with Crippen molar-refractivity contribution >= 4 is 27.4 Å². The zero-order valence-corrected chi connectivity index (χ0v) is 13.4. The van der Waals surface area contributed by atoms with Crippen LogP contribution >= 0.6 is 11.3 Å². The van der Waals surface area contributed by atoms with E-state index in [2.05, 4.69) is 15.0 Å². The molecule has 0 unspecified atom stereocenters. The lowest BCUT2D eigenvalue weighted by molar-refractivity contribution is -0.0682. The minimum absolute atomic E-state index is 0.0118. The Morgan fingerprint density at radius 3 is 2.70 bits per heavy atom. The number of thiophene rings is 1. The Hall–Kier alpha value is -2.21. The second kappa shape index (κ2) is 4.64. The van der Waals surface area contributed by atoms with Gasteiger partial charge in [0.1, 0.15) is 21.6 Å². The third-order valence-corrected chi connectivity index (χ3v) is 4.90. The van der Waals surface area contributed by atoms with Crippen molar-refractivity contribution in [3.05, 3.63) is 58.7 Å². The zero-order valence-electron chi connectivity index (χ0n) is 12.5. The second-order valence-corrected chi connectivity index (χ2v) is 6.90. The molecular weight excluding hydrogens is 316 g/mol. The van der Waals surface area contributed by atoms with Crippen molar-refractivity contribution in [1.82, 2.24) is 9.97 Å². The summed E-state index contributed by atoms with van der Waals surface area (Å²) in [5.41, 5.74) is 0.608. The molecule has 0 spiro atoms. The van der Waals surface area contributed by atoms with E-state index in [1.165, 1.54) is 31.3 Å². The first kappa shape index (κ1) is 14.4. The van der Waals surface area contributed by atoms with Gasteiger partial charge < -0.3 is 0 Å². The Labute approximate surface area is 135 Å². The van der Waals surface area contributed by atoms with E-state index in [1.54, 1.807) is 24.4 Å². The molecular formula is C17H13F2N3S. The molecule has 1 aromatic carbocycles. The standard InChI is InChI=1S/C17H13F2N3S/c1-16(2)17(18,19)11-6-4-3-5-10(11)14(22-16)13-9-20-15-12(21-13)7-8-23-15/h3-9H,1-2H3. The average Bonchev–Trinajstić information content (AvgIpc) is 2.99. The molecule has 23 heavy (non-hydrogen) atoms. The largest absolute Gasteiger partial charge is 0.297 e. The van der Waals surface area contributed by atoms with E-state index in [-0.39, 0.29) is 5.56 Å². The van der Waals surface area contributed by atoms with Crippen LogP contribution in [0.3, 0.4) is 0 Å². The highest BCUT2D eigenvalue weighted by Crippen LogP contribution is 2.46. The van der Waals surface area contributed by atoms with Crippen molar-refractivity contribution in [2.24, 2.45) is 4.99 Å². The summed E-state index contributed by atoms with van der Waals surface area (Å²) in [7, 11) is 0. The van der Waals surface area contributed by atoms with E-state index in [1.807, 2.05) is 11.4 Å². The number of alkyl halides is 2. The fourth-order valence-electron chi connectivity index (χ4n) is 2.77. The Morgan fingerprint density at radius 1 is 1.09 bits per heavy atom. The van der Waals surface area contributed by atoms with E-state index in [0.717, 1.165) is 10.3 Å². The molecule has 0 radical (unpaired) electrons. The molecule has 4 rings (SSSR count). The van der Waals surface area contributed by atoms with Crippen LogP contribution in [-0.4, -0.2) is 21.2 Å². The van der Waals surface area contributed by atoms with E-state index in [0.29, 0.717) is 17.0 Å². The van der Waals surface area contributed by atoms with Crippen LogP contribution < -0.4 is 0 Å². The minimum Gasteiger partial charge on any atom is -0.270 e. The first-order valence-corrected chi connectivity index (χ1v) is 8.06. The van der Waals surface area contributed by atoms with Gasteiger partial charge in [0.2, 0.25) is 0 Å². The van der Waals surface area contributed by atoms with E-state index in [4.69, 9.17) is 0 Å². The fraction of sp³-hybridized carbons (Fsp3) is 0.235. The molecule has 0 fully saturated rings. The van der Waals surface area contributed by atoms with Crippen LogP contribution in [0.5, 0.6) is 0 Å². The molecule has 0 amide bonds. The molecule has 0 N–H and O–H groups in total. The van der Waals surface area contributed by atoms with Crippen molar-refractivity contribution in [3.8, 4) is 0 Å². The maximum Gasteiger partial charge on any atom is 0.297 e. The summed E-state index contributed by atoms with van der Waals surface area (Å²) in [5.74, 6) is -3.03. The topological polar surface area (TPSA) is 38.1 Å². The van der Waals surface area contributed by atoms with Gasteiger partial charge in [0, 0.05) is 11.1 Å². The zero-order chi connectivity index (χ0) is 16.2. The number of fused-ring (bicyclic) bond motifs is 2. The molecule has 0 atom stereocenters. The first-order valence-electron chi connectivity index (χ1n) is 7.18. The highest BCUT2D eigenvalue weighted by molar-refractivity contribution is 7.16. The van der Waals surface area contributed by atoms with Crippen LogP contribution in [-0.2, 0) is 5.92 Å². The van der Waals surface area contributed by atoms with E-state index >= 15 is 0 Å². The quantitative estimate of drug-likeness (QED) is 0.663. The van der Waals surface area contributed by atoms with E-state index in [9.17, 15) is 8.78 Å². The number of benzene rings is 1. The average molecular weight is 329 g/mol. The smallest absolute Gasteiger partial charge is 0.270 e. The monoisotopic (exact) mass is 329 g/mol. The van der Waals surface area contributed by atoms with Crippen LogP contribution in [0.15, 0.2) is 46.9 Å². The molecule has 2 aromatic heterocycles. The van der Waals surface area contributed by atoms with Crippen LogP contribution in [0.2, 0.25) is 0 Å². The van der Waals surface area contributed by atoms with Gasteiger partial charge in [-0.25, -0.2) is 9.97 Å². The SMILES string of the molecule is CC1(C)N=C(c2cnc3sccc3n2)c2ccccc2C1(F)F. The van der Waals surface area contributed by atoms with Crippen LogP contribution in [0.1, 0.15) is 30.7 Å². The lowest BCUT2D eigenvalue weighted by atomic mass is 9.82. The van der Waals surface area contributed by atoms with Crippen LogP contribution in [0.4, 0.5) is 8.78 Å². The summed E-state index contributed by atoms with van der Waals surface area (Å²) in [6, 6.07) is 8.35. The fourth-order valence-corrected chi connectivity index (χ4v) is 3.44.